The van der Waals surface area contributed by atoms with E-state index in [1.54, 1.807) is 23.1 Å². The van der Waals surface area contributed by atoms with Crippen molar-refractivity contribution in [2.75, 3.05) is 19.0 Å². The van der Waals surface area contributed by atoms with Gasteiger partial charge in [0.05, 0.1) is 29.4 Å². The van der Waals surface area contributed by atoms with Crippen LogP contribution in [0.4, 0.5) is 15.9 Å². The third-order valence-electron chi connectivity index (χ3n) is 5.46. The fourth-order valence-electron chi connectivity index (χ4n) is 3.90. The number of carbonyl (C=O) groups is 1. The summed E-state index contributed by atoms with van der Waals surface area (Å²) in [7, 11) is 1.53. The van der Waals surface area contributed by atoms with Crippen LogP contribution in [-0.2, 0) is 16.2 Å². The van der Waals surface area contributed by atoms with Crippen LogP contribution in [0.5, 0.6) is 5.75 Å². The number of nitrogens with two attached hydrogens (primary N) is 1. The highest BCUT2D eigenvalue weighted by Gasteiger charge is 2.37. The second kappa shape index (κ2) is 9.21. The minimum absolute atomic E-state index is 0.0112. The highest BCUT2D eigenvalue weighted by atomic mass is 35.5. The molecule has 32 heavy (non-hydrogen) atoms. The molecule has 168 valence electrons. The van der Waals surface area contributed by atoms with Crippen LogP contribution in [0.1, 0.15) is 12.0 Å². The molecular formula is C21H21ClFN5O4. The maximum Gasteiger partial charge on any atom is 0.234 e. The summed E-state index contributed by atoms with van der Waals surface area (Å²) in [5.74, 6) is -0.172. The van der Waals surface area contributed by atoms with E-state index in [4.69, 9.17) is 27.3 Å². The van der Waals surface area contributed by atoms with Crippen molar-refractivity contribution in [3.8, 4) is 5.75 Å². The Morgan fingerprint density at radius 3 is 2.94 bits per heavy atom. The molecule has 0 aliphatic carbocycles. The molecule has 2 aromatic carbocycles. The molecule has 4 rings (SSSR count). The van der Waals surface area contributed by atoms with Crippen molar-refractivity contribution in [2.45, 2.75) is 25.1 Å². The number of ether oxygens (including phenoxy) is 1. The Morgan fingerprint density at radius 2 is 2.22 bits per heavy atom. The van der Waals surface area contributed by atoms with Gasteiger partial charge in [-0.3, -0.25) is 15.0 Å². The predicted octanol–water partition coefficient (Wildman–Crippen LogP) is 3.09. The lowest BCUT2D eigenvalue weighted by Crippen LogP contribution is -2.39. The molecule has 1 fully saturated rings. The Labute approximate surface area is 187 Å². The number of halogens is 2. The molecular weight excluding hydrogens is 441 g/mol. The van der Waals surface area contributed by atoms with Crippen molar-refractivity contribution in [3.63, 3.8) is 0 Å². The molecule has 0 radical (unpaired) electrons. The van der Waals surface area contributed by atoms with Crippen LogP contribution >= 0.6 is 11.6 Å². The number of fused-ring (bicyclic) bond motifs is 1. The maximum atomic E-state index is 14.4. The normalized spacial score (nSPS) is 18.8. The van der Waals surface area contributed by atoms with E-state index in [-0.39, 0.29) is 17.1 Å². The van der Waals surface area contributed by atoms with Crippen LogP contribution in [0.25, 0.3) is 10.9 Å². The van der Waals surface area contributed by atoms with Crippen molar-refractivity contribution in [3.05, 3.63) is 53.1 Å². The number of nitrogens with one attached hydrogen (secondary N) is 1. The number of nitrogens with zero attached hydrogens (tertiary/aromatic N) is 3. The molecule has 1 aliphatic heterocycles. The summed E-state index contributed by atoms with van der Waals surface area (Å²) in [5.41, 5.74) is 7.01. The zero-order valence-electron chi connectivity index (χ0n) is 17.1. The summed E-state index contributed by atoms with van der Waals surface area (Å²) in [4.78, 5) is 26.7. The molecule has 9 nitrogen and oxygen atoms in total. The molecule has 0 bridgehead atoms. The number of rotatable bonds is 7. The van der Waals surface area contributed by atoms with E-state index in [0.717, 1.165) is 5.56 Å². The number of anilines is 2. The molecule has 4 N–H and O–H groups in total. The molecule has 1 amide bonds. The third-order valence-corrected chi connectivity index (χ3v) is 5.75. The van der Waals surface area contributed by atoms with Gasteiger partial charge in [-0.15, -0.1) is 0 Å². The molecule has 0 spiro atoms. The number of carbonyl (C=O) groups excluding carboxylic acids is 1. The largest absolute Gasteiger partial charge is 0.496 e. The van der Waals surface area contributed by atoms with E-state index in [0.29, 0.717) is 35.6 Å². The van der Waals surface area contributed by atoms with E-state index >= 15 is 0 Å². The van der Waals surface area contributed by atoms with Gasteiger partial charge in [0, 0.05) is 36.5 Å². The van der Waals surface area contributed by atoms with Gasteiger partial charge < -0.3 is 15.8 Å². The fourth-order valence-corrected chi connectivity index (χ4v) is 4.07. The summed E-state index contributed by atoms with van der Waals surface area (Å²) in [6, 6.07) is 7.58. The van der Waals surface area contributed by atoms with Crippen molar-refractivity contribution in [1.82, 2.24) is 14.9 Å². The van der Waals surface area contributed by atoms with E-state index in [1.165, 1.54) is 19.5 Å². The third kappa shape index (κ3) is 4.30. The molecule has 1 aliphatic rings. The van der Waals surface area contributed by atoms with E-state index in [9.17, 15) is 9.18 Å². The lowest BCUT2D eigenvalue weighted by Gasteiger charge is -2.23. The highest BCUT2D eigenvalue weighted by Crippen LogP contribution is 2.33. The Morgan fingerprint density at radius 1 is 1.41 bits per heavy atom. The number of methoxy groups -OCH3 is 1. The first-order valence-electron chi connectivity index (χ1n) is 9.77. The molecule has 0 saturated carbocycles. The second-order valence-corrected chi connectivity index (χ2v) is 7.85. The zero-order chi connectivity index (χ0) is 22.8. The molecule has 2 heterocycles. The molecule has 1 unspecified atom stereocenters. The van der Waals surface area contributed by atoms with Gasteiger partial charge in [0.1, 0.15) is 24.0 Å². The first-order valence-corrected chi connectivity index (χ1v) is 10.1. The van der Waals surface area contributed by atoms with Gasteiger partial charge >= 0.3 is 0 Å². The van der Waals surface area contributed by atoms with Gasteiger partial charge in [-0.25, -0.2) is 19.2 Å². The van der Waals surface area contributed by atoms with E-state index in [2.05, 4.69) is 20.2 Å². The zero-order valence-corrected chi connectivity index (χ0v) is 17.8. The summed E-state index contributed by atoms with van der Waals surface area (Å²) in [5, 5.41) is 12.6. The van der Waals surface area contributed by atoms with E-state index < -0.39 is 23.9 Å². The number of hydrogen-bond donors (Lipinski definition) is 3. The summed E-state index contributed by atoms with van der Waals surface area (Å²) in [6.45, 7) is 0.613. The topological polar surface area (TPSA) is 123 Å². The highest BCUT2D eigenvalue weighted by molar-refractivity contribution is 6.31. The van der Waals surface area contributed by atoms with Gasteiger partial charge in [0.2, 0.25) is 5.91 Å². The minimum Gasteiger partial charge on any atom is -0.496 e. The number of aromatic nitrogens is 2. The van der Waals surface area contributed by atoms with Crippen LogP contribution < -0.4 is 15.8 Å². The average molecular weight is 462 g/mol. The average Bonchev–Trinajstić information content (AvgIpc) is 3.20. The number of amides is 1. The first-order chi connectivity index (χ1) is 15.4. The van der Waals surface area contributed by atoms with Gasteiger partial charge in [0.25, 0.3) is 0 Å². The van der Waals surface area contributed by atoms with Crippen LogP contribution in [-0.4, -0.2) is 51.8 Å². The minimum atomic E-state index is -0.599. The van der Waals surface area contributed by atoms with Crippen LogP contribution in [0.2, 0.25) is 5.02 Å². The lowest BCUT2D eigenvalue weighted by atomic mass is 10.1. The monoisotopic (exact) mass is 461 g/mol. The number of likely N-dealkylation sites (tertiary alicyclic amines) is 1. The van der Waals surface area contributed by atoms with E-state index in [1.807, 2.05) is 6.07 Å². The Balaban J connectivity index is 1.72. The first kappa shape index (κ1) is 22.2. The van der Waals surface area contributed by atoms with Gasteiger partial charge in [-0.05, 0) is 18.2 Å². The number of primary amides is 1. The Bertz CT molecular complexity index is 1160. The van der Waals surface area contributed by atoms with Crippen LogP contribution in [0.3, 0.4) is 0 Å². The van der Waals surface area contributed by atoms with Crippen molar-refractivity contribution < 1.29 is 24.1 Å². The summed E-state index contributed by atoms with van der Waals surface area (Å²) < 4.78 is 19.9. The second-order valence-electron chi connectivity index (χ2n) is 7.44. The van der Waals surface area contributed by atoms with Crippen LogP contribution in [0, 0.1) is 5.82 Å². The van der Waals surface area contributed by atoms with Crippen LogP contribution in [0.15, 0.2) is 36.7 Å². The molecule has 1 aromatic heterocycles. The standard InChI is InChI=1S/C21H21ClFN5O4/c1-31-18-7-16-13(5-11(18)8-28-9-12(32-30)6-17(28)20(24)29)21(26-10-25-16)27-15-4-2-3-14(22)19(15)23/h2-5,7,10,12,17,30H,6,8-9H2,1H3,(H2,24,29)(H,25,26,27)/t12?,17-/m1/s1. The summed E-state index contributed by atoms with van der Waals surface area (Å²) >= 11 is 5.89. The van der Waals surface area contributed by atoms with Gasteiger partial charge in [0.15, 0.2) is 5.82 Å². The number of hydrogen-bond acceptors (Lipinski definition) is 8. The maximum absolute atomic E-state index is 14.4. The smallest absolute Gasteiger partial charge is 0.234 e. The molecule has 2 atom stereocenters. The van der Waals surface area contributed by atoms with Crippen molar-refractivity contribution in [2.24, 2.45) is 5.73 Å². The fraction of sp³-hybridized carbons (Fsp3) is 0.286. The van der Waals surface area contributed by atoms with Crippen molar-refractivity contribution >= 4 is 39.9 Å². The molecule has 11 heteroatoms. The van der Waals surface area contributed by atoms with Gasteiger partial charge in [-0.2, -0.15) is 0 Å². The lowest BCUT2D eigenvalue weighted by molar-refractivity contribution is -0.274. The molecule has 3 aromatic rings. The molecule has 1 saturated heterocycles. The SMILES string of the molecule is COc1cc2ncnc(Nc3cccc(Cl)c3F)c2cc1CN1CC(OO)C[C@@H]1C(N)=O. The number of benzene rings is 2. The van der Waals surface area contributed by atoms with Crippen molar-refractivity contribution in [1.29, 1.82) is 0 Å². The van der Waals surface area contributed by atoms with Gasteiger partial charge in [-0.1, -0.05) is 17.7 Å². The Kier molecular flexibility index (Phi) is 6.38. The quantitative estimate of drug-likeness (QED) is 0.362. The Hall–Kier alpha value is -3.05. The summed E-state index contributed by atoms with van der Waals surface area (Å²) in [6.07, 6.45) is 1.12. The predicted molar refractivity (Wildman–Crippen MR) is 116 cm³/mol.